The number of thiophene rings is 1. The Morgan fingerprint density at radius 1 is 1.18 bits per heavy atom. The molecular formula is C18H24N2OS. The lowest BCUT2D eigenvalue weighted by Crippen LogP contribution is -2.37. The smallest absolute Gasteiger partial charge is 0.251 e. The van der Waals surface area contributed by atoms with Crippen molar-refractivity contribution in [1.29, 1.82) is 0 Å². The number of likely N-dealkylation sites (N-methyl/N-ethyl adjacent to an activating group) is 1. The molecule has 118 valence electrons. The molecule has 22 heavy (non-hydrogen) atoms. The van der Waals surface area contributed by atoms with E-state index in [2.05, 4.69) is 41.6 Å². The van der Waals surface area contributed by atoms with Crippen LogP contribution in [-0.4, -0.2) is 30.4 Å². The maximum absolute atomic E-state index is 12.3. The summed E-state index contributed by atoms with van der Waals surface area (Å²) in [4.78, 5) is 16.0. The molecule has 4 heteroatoms. The first-order chi connectivity index (χ1) is 10.7. The normalized spacial score (nSPS) is 12.4. The van der Waals surface area contributed by atoms with Gasteiger partial charge in [-0.2, -0.15) is 0 Å². The predicted octanol–water partition coefficient (Wildman–Crippen LogP) is 3.87. The Kier molecular flexibility index (Phi) is 6.16. The quantitative estimate of drug-likeness (QED) is 0.841. The zero-order valence-electron chi connectivity index (χ0n) is 13.5. The molecule has 2 aromatic rings. The van der Waals surface area contributed by atoms with E-state index >= 15 is 0 Å². The lowest BCUT2D eigenvalue weighted by Gasteiger charge is -2.29. The van der Waals surface area contributed by atoms with Crippen molar-refractivity contribution in [3.63, 3.8) is 0 Å². The summed E-state index contributed by atoms with van der Waals surface area (Å²) >= 11 is 1.75. The van der Waals surface area contributed by atoms with Gasteiger partial charge in [0.05, 0.1) is 6.04 Å². The van der Waals surface area contributed by atoms with E-state index in [1.165, 1.54) is 4.88 Å². The highest BCUT2D eigenvalue weighted by Gasteiger charge is 2.19. The number of hydrogen-bond donors (Lipinski definition) is 1. The second-order valence-electron chi connectivity index (χ2n) is 5.33. The van der Waals surface area contributed by atoms with Gasteiger partial charge < -0.3 is 5.32 Å². The average Bonchev–Trinajstić information content (AvgIpc) is 3.06. The molecule has 0 bridgehead atoms. The van der Waals surface area contributed by atoms with Gasteiger partial charge in [-0.05, 0) is 43.6 Å². The summed E-state index contributed by atoms with van der Waals surface area (Å²) < 4.78 is 0. The molecule has 1 N–H and O–H groups in total. The van der Waals surface area contributed by atoms with Crippen LogP contribution in [0, 0.1) is 6.92 Å². The summed E-state index contributed by atoms with van der Waals surface area (Å²) in [6, 6.07) is 12.1. The number of carbonyl (C=O) groups is 1. The molecule has 0 aliphatic carbocycles. The standard InChI is InChI=1S/C18H24N2OS/c1-4-20(5-2)16(17-7-6-12-22-17)13-19-18(21)15-10-8-14(3)9-11-15/h6-12,16H,4-5,13H2,1-3H3,(H,19,21). The largest absolute Gasteiger partial charge is 0.350 e. The van der Waals surface area contributed by atoms with Crippen LogP contribution in [-0.2, 0) is 0 Å². The number of benzene rings is 1. The first kappa shape index (κ1) is 16.7. The Bertz CT molecular complexity index is 574. The first-order valence-corrected chi connectivity index (χ1v) is 8.66. The van der Waals surface area contributed by atoms with Crippen molar-refractivity contribution >= 4 is 17.2 Å². The van der Waals surface area contributed by atoms with Gasteiger partial charge in [-0.15, -0.1) is 11.3 Å². The fraction of sp³-hybridized carbons (Fsp3) is 0.389. The maximum atomic E-state index is 12.3. The molecular weight excluding hydrogens is 292 g/mol. The minimum atomic E-state index is -0.00582. The molecule has 1 aromatic carbocycles. The van der Waals surface area contributed by atoms with Crippen LogP contribution < -0.4 is 5.32 Å². The van der Waals surface area contributed by atoms with Crippen molar-refractivity contribution in [2.75, 3.05) is 19.6 Å². The third-order valence-corrected chi connectivity index (χ3v) is 4.87. The summed E-state index contributed by atoms with van der Waals surface area (Å²) in [5, 5.41) is 5.17. The third-order valence-electron chi connectivity index (χ3n) is 3.89. The summed E-state index contributed by atoms with van der Waals surface area (Å²) in [5.41, 5.74) is 1.88. The second-order valence-corrected chi connectivity index (χ2v) is 6.31. The van der Waals surface area contributed by atoms with Gasteiger partial charge in [0, 0.05) is 17.0 Å². The van der Waals surface area contributed by atoms with Crippen LogP contribution in [0.4, 0.5) is 0 Å². The molecule has 0 aliphatic heterocycles. The van der Waals surface area contributed by atoms with Gasteiger partial charge in [-0.25, -0.2) is 0 Å². The Balaban J connectivity index is 2.04. The lowest BCUT2D eigenvalue weighted by atomic mass is 10.1. The van der Waals surface area contributed by atoms with Gasteiger partial charge in [0.2, 0.25) is 0 Å². The number of carbonyl (C=O) groups excluding carboxylic acids is 1. The first-order valence-electron chi connectivity index (χ1n) is 7.78. The topological polar surface area (TPSA) is 32.3 Å². The second kappa shape index (κ2) is 8.11. The molecule has 0 fully saturated rings. The van der Waals surface area contributed by atoms with Crippen LogP contribution in [0.25, 0.3) is 0 Å². The molecule has 1 amide bonds. The minimum absolute atomic E-state index is 0.00582. The van der Waals surface area contributed by atoms with E-state index in [9.17, 15) is 4.79 Å². The Hall–Kier alpha value is -1.65. The number of aryl methyl sites for hydroxylation is 1. The lowest BCUT2D eigenvalue weighted by molar-refractivity contribution is 0.0935. The summed E-state index contributed by atoms with van der Waals surface area (Å²) in [5.74, 6) is -0.00582. The van der Waals surface area contributed by atoms with E-state index in [0.29, 0.717) is 6.54 Å². The van der Waals surface area contributed by atoms with Crippen LogP contribution in [0.15, 0.2) is 41.8 Å². The van der Waals surface area contributed by atoms with Crippen molar-refractivity contribution in [2.45, 2.75) is 26.8 Å². The van der Waals surface area contributed by atoms with Crippen molar-refractivity contribution in [3.8, 4) is 0 Å². The zero-order chi connectivity index (χ0) is 15.9. The molecule has 0 spiro atoms. The third kappa shape index (κ3) is 4.18. The minimum Gasteiger partial charge on any atom is -0.350 e. The highest BCUT2D eigenvalue weighted by molar-refractivity contribution is 7.10. The summed E-state index contributed by atoms with van der Waals surface area (Å²) in [6.07, 6.45) is 0. The molecule has 0 saturated heterocycles. The molecule has 1 atom stereocenters. The van der Waals surface area contributed by atoms with Crippen LogP contribution in [0.5, 0.6) is 0 Å². The fourth-order valence-electron chi connectivity index (χ4n) is 2.55. The van der Waals surface area contributed by atoms with Gasteiger partial charge in [0.25, 0.3) is 5.91 Å². The zero-order valence-corrected chi connectivity index (χ0v) is 14.3. The highest BCUT2D eigenvalue weighted by atomic mass is 32.1. The average molecular weight is 316 g/mol. The molecule has 0 saturated carbocycles. The van der Waals surface area contributed by atoms with E-state index in [1.54, 1.807) is 11.3 Å². The van der Waals surface area contributed by atoms with Crippen LogP contribution in [0.3, 0.4) is 0 Å². The van der Waals surface area contributed by atoms with Crippen molar-refractivity contribution in [1.82, 2.24) is 10.2 Å². The van der Waals surface area contributed by atoms with Crippen molar-refractivity contribution in [2.24, 2.45) is 0 Å². The van der Waals surface area contributed by atoms with Gasteiger partial charge in [0.15, 0.2) is 0 Å². The fourth-order valence-corrected chi connectivity index (χ4v) is 3.41. The Morgan fingerprint density at radius 2 is 1.86 bits per heavy atom. The number of hydrogen-bond acceptors (Lipinski definition) is 3. The highest BCUT2D eigenvalue weighted by Crippen LogP contribution is 2.24. The molecule has 0 radical (unpaired) electrons. The van der Waals surface area contributed by atoms with E-state index in [4.69, 9.17) is 0 Å². The molecule has 0 aliphatic rings. The number of rotatable bonds is 7. The van der Waals surface area contributed by atoms with Crippen LogP contribution in [0.2, 0.25) is 0 Å². The predicted molar refractivity (Wildman–Crippen MR) is 93.5 cm³/mol. The van der Waals surface area contributed by atoms with E-state index in [0.717, 1.165) is 24.2 Å². The number of amides is 1. The van der Waals surface area contributed by atoms with Gasteiger partial charge >= 0.3 is 0 Å². The van der Waals surface area contributed by atoms with Crippen molar-refractivity contribution < 1.29 is 4.79 Å². The maximum Gasteiger partial charge on any atom is 0.251 e. The van der Waals surface area contributed by atoms with Crippen LogP contribution >= 0.6 is 11.3 Å². The number of nitrogens with zero attached hydrogens (tertiary/aromatic N) is 1. The summed E-state index contributed by atoms with van der Waals surface area (Å²) in [7, 11) is 0. The van der Waals surface area contributed by atoms with Gasteiger partial charge in [0.1, 0.15) is 0 Å². The van der Waals surface area contributed by atoms with E-state index in [-0.39, 0.29) is 11.9 Å². The summed E-state index contributed by atoms with van der Waals surface area (Å²) in [6.45, 7) is 8.92. The molecule has 1 aromatic heterocycles. The molecule has 2 rings (SSSR count). The Morgan fingerprint density at radius 3 is 2.41 bits per heavy atom. The monoisotopic (exact) mass is 316 g/mol. The van der Waals surface area contributed by atoms with Crippen LogP contribution in [0.1, 0.15) is 40.7 Å². The van der Waals surface area contributed by atoms with E-state index < -0.39 is 0 Å². The van der Waals surface area contributed by atoms with Gasteiger partial charge in [-0.1, -0.05) is 37.6 Å². The molecule has 1 heterocycles. The molecule has 3 nitrogen and oxygen atoms in total. The van der Waals surface area contributed by atoms with E-state index in [1.807, 2.05) is 31.2 Å². The van der Waals surface area contributed by atoms with Crippen molar-refractivity contribution in [3.05, 3.63) is 57.8 Å². The SMILES string of the molecule is CCN(CC)C(CNC(=O)c1ccc(C)cc1)c1cccs1. The number of nitrogens with one attached hydrogen (secondary N) is 1. The molecule has 1 unspecified atom stereocenters. The Labute approximate surface area is 137 Å². The van der Waals surface area contributed by atoms with Gasteiger partial charge in [-0.3, -0.25) is 9.69 Å².